The molecule has 0 bridgehead atoms. The zero-order valence-electron chi connectivity index (χ0n) is 14.5. The predicted molar refractivity (Wildman–Crippen MR) is 93.1 cm³/mol. The van der Waals surface area contributed by atoms with Crippen LogP contribution >= 0.6 is 0 Å². The number of aromatic amines is 2. The van der Waals surface area contributed by atoms with E-state index in [2.05, 4.69) is 15.1 Å². The highest BCUT2D eigenvalue weighted by Gasteiger charge is 2.26. The van der Waals surface area contributed by atoms with Crippen LogP contribution in [0.4, 0.5) is 13.2 Å². The molecule has 1 aromatic carbocycles. The Bertz CT molecular complexity index is 1340. The SMILES string of the molecule is CC(C)n1[nH]c(=O)c2c(-c3ccc(F)c(F)c3F)c3c(nc21)[nH]c(=O)n3C. The average Bonchev–Trinajstić information content (AvgIpc) is 3.09. The Morgan fingerprint density at radius 3 is 2.48 bits per heavy atom. The third-order valence-electron chi connectivity index (χ3n) is 4.52. The van der Waals surface area contributed by atoms with Gasteiger partial charge in [0.25, 0.3) is 5.56 Å². The molecular weight excluding hydrogens is 363 g/mol. The van der Waals surface area contributed by atoms with Crippen LogP contribution in [0, 0.1) is 17.5 Å². The maximum Gasteiger partial charge on any atom is 0.327 e. The van der Waals surface area contributed by atoms with Crippen LogP contribution in [-0.4, -0.2) is 24.3 Å². The molecule has 27 heavy (non-hydrogen) atoms. The number of nitrogens with zero attached hydrogens (tertiary/aromatic N) is 3. The molecule has 0 unspecified atom stereocenters. The molecule has 3 aromatic heterocycles. The lowest BCUT2D eigenvalue weighted by Crippen LogP contribution is -2.12. The Hall–Kier alpha value is -3.30. The van der Waals surface area contributed by atoms with Crippen molar-refractivity contribution in [2.24, 2.45) is 7.05 Å². The van der Waals surface area contributed by atoms with E-state index in [1.807, 2.05) is 0 Å². The number of aromatic nitrogens is 5. The van der Waals surface area contributed by atoms with Crippen LogP contribution in [0.2, 0.25) is 0 Å². The summed E-state index contributed by atoms with van der Waals surface area (Å²) in [6, 6.07) is 1.61. The molecule has 0 radical (unpaired) electrons. The number of hydrogen-bond acceptors (Lipinski definition) is 3. The number of hydrogen-bond donors (Lipinski definition) is 2. The molecule has 7 nitrogen and oxygen atoms in total. The van der Waals surface area contributed by atoms with E-state index in [1.54, 1.807) is 13.8 Å². The van der Waals surface area contributed by atoms with Crippen LogP contribution in [0.3, 0.4) is 0 Å². The first-order chi connectivity index (χ1) is 12.7. The molecule has 0 spiro atoms. The van der Waals surface area contributed by atoms with Crippen LogP contribution in [0.25, 0.3) is 33.3 Å². The third-order valence-corrected chi connectivity index (χ3v) is 4.52. The first-order valence-corrected chi connectivity index (χ1v) is 8.09. The topological polar surface area (TPSA) is 88.5 Å². The van der Waals surface area contributed by atoms with E-state index >= 15 is 0 Å². The predicted octanol–water partition coefficient (Wildman–Crippen LogP) is 2.57. The van der Waals surface area contributed by atoms with Crippen LogP contribution in [0.15, 0.2) is 21.7 Å². The van der Waals surface area contributed by atoms with Crippen molar-refractivity contribution in [3.05, 3.63) is 50.4 Å². The van der Waals surface area contributed by atoms with Gasteiger partial charge in [0.15, 0.2) is 28.7 Å². The average molecular weight is 377 g/mol. The smallest absolute Gasteiger partial charge is 0.293 e. The minimum atomic E-state index is -1.66. The summed E-state index contributed by atoms with van der Waals surface area (Å²) >= 11 is 0. The summed E-state index contributed by atoms with van der Waals surface area (Å²) in [5.74, 6) is -4.46. The number of fused-ring (bicyclic) bond motifs is 2. The van der Waals surface area contributed by atoms with Crippen LogP contribution in [-0.2, 0) is 7.05 Å². The first-order valence-electron chi connectivity index (χ1n) is 8.09. The largest absolute Gasteiger partial charge is 0.327 e. The van der Waals surface area contributed by atoms with E-state index in [0.29, 0.717) is 0 Å². The molecule has 140 valence electrons. The molecule has 0 aliphatic heterocycles. The summed E-state index contributed by atoms with van der Waals surface area (Å²) in [5.41, 5.74) is -1.11. The lowest BCUT2D eigenvalue weighted by atomic mass is 10.0. The first kappa shape index (κ1) is 17.1. The molecule has 0 fully saturated rings. The fraction of sp³-hybridized carbons (Fsp3) is 0.235. The fourth-order valence-corrected chi connectivity index (χ4v) is 3.23. The molecule has 3 heterocycles. The monoisotopic (exact) mass is 377 g/mol. The Balaban J connectivity index is 2.32. The number of pyridine rings is 1. The van der Waals surface area contributed by atoms with Crippen LogP contribution < -0.4 is 11.2 Å². The standard InChI is InChI=1S/C17H14F3N5O2/c1-6(2)25-15-10(16(26)23-25)9(7-4-5-8(18)12(20)11(7)19)13-14(21-15)22-17(27)24(13)3/h4-6H,1-3H3,(H,23,26)(H,21,22,27). The van der Waals surface area contributed by atoms with Gasteiger partial charge >= 0.3 is 5.69 Å². The van der Waals surface area contributed by atoms with Crippen molar-refractivity contribution in [1.29, 1.82) is 0 Å². The summed E-state index contributed by atoms with van der Waals surface area (Å²) in [5, 5.41) is 2.60. The molecular formula is C17H14F3N5O2. The highest BCUT2D eigenvalue weighted by Crippen LogP contribution is 2.35. The van der Waals surface area contributed by atoms with E-state index in [9.17, 15) is 22.8 Å². The van der Waals surface area contributed by atoms with Crippen LogP contribution in [0.5, 0.6) is 0 Å². The van der Waals surface area contributed by atoms with Gasteiger partial charge in [-0.05, 0) is 26.0 Å². The number of benzene rings is 1. The normalized spacial score (nSPS) is 12.0. The van der Waals surface area contributed by atoms with E-state index in [1.165, 1.54) is 11.7 Å². The van der Waals surface area contributed by atoms with Crippen molar-refractivity contribution < 1.29 is 13.2 Å². The second-order valence-electron chi connectivity index (χ2n) is 6.50. The van der Waals surface area contributed by atoms with Gasteiger partial charge in [0, 0.05) is 24.2 Å². The molecule has 4 aromatic rings. The summed E-state index contributed by atoms with van der Waals surface area (Å²) in [4.78, 5) is 31.5. The minimum Gasteiger partial charge on any atom is -0.293 e. The molecule has 2 N–H and O–H groups in total. The van der Waals surface area contributed by atoms with Gasteiger partial charge < -0.3 is 0 Å². The Morgan fingerprint density at radius 2 is 1.81 bits per heavy atom. The Kier molecular flexibility index (Phi) is 3.55. The zero-order chi connectivity index (χ0) is 19.6. The lowest BCUT2D eigenvalue weighted by molar-refractivity contribution is 0.449. The van der Waals surface area contributed by atoms with Crippen molar-refractivity contribution in [1.82, 2.24) is 24.3 Å². The highest BCUT2D eigenvalue weighted by molar-refractivity contribution is 6.06. The van der Waals surface area contributed by atoms with Gasteiger partial charge in [0.1, 0.15) is 0 Å². The summed E-state index contributed by atoms with van der Waals surface area (Å²) in [6.07, 6.45) is 0. The number of rotatable bonds is 2. The molecule has 0 amide bonds. The summed E-state index contributed by atoms with van der Waals surface area (Å²) < 4.78 is 44.5. The molecule has 0 saturated carbocycles. The molecule has 0 aliphatic rings. The number of halogens is 3. The highest BCUT2D eigenvalue weighted by atomic mass is 19.2. The van der Waals surface area contributed by atoms with Gasteiger partial charge in [-0.2, -0.15) is 0 Å². The molecule has 0 aliphatic carbocycles. The van der Waals surface area contributed by atoms with E-state index < -0.39 is 28.7 Å². The second kappa shape index (κ2) is 5.60. The Labute approximate surface area is 149 Å². The number of aryl methyl sites for hydroxylation is 1. The second-order valence-corrected chi connectivity index (χ2v) is 6.50. The van der Waals surface area contributed by atoms with Crippen LogP contribution in [0.1, 0.15) is 19.9 Å². The van der Waals surface area contributed by atoms with E-state index in [-0.39, 0.29) is 39.4 Å². The number of nitrogens with one attached hydrogen (secondary N) is 2. The lowest BCUT2D eigenvalue weighted by Gasteiger charge is -2.11. The van der Waals surface area contributed by atoms with Crippen molar-refractivity contribution >= 4 is 22.2 Å². The maximum absolute atomic E-state index is 14.6. The maximum atomic E-state index is 14.6. The van der Waals surface area contributed by atoms with E-state index in [4.69, 9.17) is 0 Å². The van der Waals surface area contributed by atoms with Crippen molar-refractivity contribution in [3.8, 4) is 11.1 Å². The van der Waals surface area contributed by atoms with Crippen molar-refractivity contribution in [3.63, 3.8) is 0 Å². The number of H-pyrrole nitrogens is 2. The van der Waals surface area contributed by atoms with Gasteiger partial charge in [-0.25, -0.2) is 22.9 Å². The third kappa shape index (κ3) is 2.25. The molecule has 0 saturated heterocycles. The summed E-state index contributed by atoms with van der Waals surface area (Å²) in [6.45, 7) is 3.60. The summed E-state index contributed by atoms with van der Waals surface area (Å²) in [7, 11) is 1.41. The van der Waals surface area contributed by atoms with E-state index in [0.717, 1.165) is 16.7 Å². The van der Waals surface area contributed by atoms with Gasteiger partial charge in [-0.3, -0.25) is 24.1 Å². The molecule has 4 rings (SSSR count). The minimum absolute atomic E-state index is 0.0179. The number of imidazole rings is 1. The van der Waals surface area contributed by atoms with Gasteiger partial charge in [0.05, 0.1) is 10.9 Å². The van der Waals surface area contributed by atoms with Gasteiger partial charge in [-0.15, -0.1) is 0 Å². The fourth-order valence-electron chi connectivity index (χ4n) is 3.23. The molecule has 10 heteroatoms. The molecule has 0 atom stereocenters. The quantitative estimate of drug-likeness (QED) is 0.526. The zero-order valence-corrected chi connectivity index (χ0v) is 14.5. The van der Waals surface area contributed by atoms with Crippen molar-refractivity contribution in [2.75, 3.05) is 0 Å². The van der Waals surface area contributed by atoms with Gasteiger partial charge in [-0.1, -0.05) is 0 Å². The van der Waals surface area contributed by atoms with Crippen molar-refractivity contribution in [2.45, 2.75) is 19.9 Å². The Morgan fingerprint density at radius 1 is 1.11 bits per heavy atom. The van der Waals surface area contributed by atoms with Gasteiger partial charge in [0.2, 0.25) is 0 Å².